The molecule has 0 N–H and O–H groups in total. The van der Waals surface area contributed by atoms with Gasteiger partial charge in [-0.05, 0) is 6.92 Å². The zero-order valence-corrected chi connectivity index (χ0v) is 7.80. The lowest BCUT2D eigenvalue weighted by Crippen LogP contribution is -2.60. The van der Waals surface area contributed by atoms with Gasteiger partial charge in [0.05, 0.1) is 6.61 Å². The maximum absolute atomic E-state index is 8.47. The molecule has 7 nitrogen and oxygen atoms in total. The summed E-state index contributed by atoms with van der Waals surface area (Å²) in [6, 6.07) is 0. The highest BCUT2D eigenvalue weighted by Crippen LogP contribution is 2.34. The van der Waals surface area contributed by atoms with Crippen LogP contribution in [0.3, 0.4) is 0 Å². The van der Waals surface area contributed by atoms with Crippen LogP contribution in [0, 0.1) is 28.3 Å². The molecule has 15 heavy (non-hydrogen) atoms. The summed E-state index contributed by atoms with van der Waals surface area (Å²) in [4.78, 5) is 7.04. The highest BCUT2D eigenvalue weighted by molar-refractivity contribution is 6.47. The molecule has 8 heteroatoms. The van der Waals surface area contributed by atoms with E-state index in [1.807, 2.05) is 0 Å². The van der Waals surface area contributed by atoms with E-state index in [9.17, 15) is 0 Å². The van der Waals surface area contributed by atoms with E-state index in [1.54, 1.807) is 19.3 Å². The van der Waals surface area contributed by atoms with Gasteiger partial charge in [-0.1, -0.05) is 0 Å². The second-order valence-electron chi connectivity index (χ2n) is 3.20. The first-order valence-corrected chi connectivity index (χ1v) is 4.10. The molecule has 0 amide bonds. The second-order valence-corrected chi connectivity index (χ2v) is 3.20. The average molecular weight is 204 g/mol. The average Bonchev–Trinajstić information content (AvgIpc) is 2.22. The van der Waals surface area contributed by atoms with Gasteiger partial charge < -0.3 is 14.0 Å². The molecule has 3 aliphatic rings. The predicted molar refractivity (Wildman–Crippen MR) is 48.1 cm³/mol. The van der Waals surface area contributed by atoms with Gasteiger partial charge in [0.15, 0.2) is 0 Å². The van der Waals surface area contributed by atoms with Crippen molar-refractivity contribution in [1.82, 2.24) is 0 Å². The molecule has 0 aliphatic carbocycles. The summed E-state index contributed by atoms with van der Waals surface area (Å²) in [6.07, 6.45) is 3.25. The molecule has 0 unspecified atom stereocenters. The van der Waals surface area contributed by atoms with Crippen LogP contribution in [0.4, 0.5) is 0 Å². The molecule has 0 aromatic rings. The van der Waals surface area contributed by atoms with Crippen LogP contribution in [0.2, 0.25) is 0 Å². The molecule has 3 rings (SSSR count). The molecule has 2 bridgehead atoms. The minimum Gasteiger partial charge on any atom is -0.488 e. The van der Waals surface area contributed by atoms with Crippen molar-refractivity contribution in [1.29, 1.82) is 10.5 Å². The molecule has 3 saturated heterocycles. The third kappa shape index (κ3) is 1.32. The smallest absolute Gasteiger partial charge is 0.488 e. The van der Waals surface area contributed by atoms with Crippen molar-refractivity contribution in [3.8, 4) is 12.4 Å². The van der Waals surface area contributed by atoms with Crippen molar-refractivity contribution in [2.24, 2.45) is 15.4 Å². The highest BCUT2D eigenvalue weighted by atomic mass is 16.8. The number of hydrogen-bond donors (Lipinski definition) is 0. The Labute approximate surface area is 85.8 Å². The summed E-state index contributed by atoms with van der Waals surface area (Å²) in [5.41, 5.74) is -0.889. The van der Waals surface area contributed by atoms with Gasteiger partial charge >= 0.3 is 7.32 Å². The maximum Gasteiger partial charge on any atom is 0.789 e. The first-order chi connectivity index (χ1) is 7.20. The molecule has 0 aromatic carbocycles. The summed E-state index contributed by atoms with van der Waals surface area (Å²) in [6.45, 7) is 1.90. The molecule has 74 valence electrons. The Morgan fingerprint density at radius 3 is 2.27 bits per heavy atom. The van der Waals surface area contributed by atoms with Crippen molar-refractivity contribution in [2.45, 2.75) is 6.92 Å². The van der Waals surface area contributed by atoms with Crippen molar-refractivity contribution < 1.29 is 14.0 Å². The van der Waals surface area contributed by atoms with Gasteiger partial charge in [-0.2, -0.15) is 10.5 Å². The largest absolute Gasteiger partial charge is 0.789 e. The fraction of sp³-hybridized carbons (Fsp3) is 0.429. The van der Waals surface area contributed by atoms with Gasteiger partial charge in [0.1, 0.15) is 5.41 Å². The summed E-state index contributed by atoms with van der Waals surface area (Å²) in [5.74, 6) is 0.336. The molecule has 3 heterocycles. The number of aliphatic imine (C=N–C) groups is 2. The van der Waals surface area contributed by atoms with Crippen LogP contribution in [0.1, 0.15) is 6.92 Å². The van der Waals surface area contributed by atoms with Gasteiger partial charge in [0.2, 0.25) is 24.2 Å². The summed E-state index contributed by atoms with van der Waals surface area (Å²) < 4.78 is 15.3. The third-order valence-corrected chi connectivity index (χ3v) is 2.17. The Balaban J connectivity index is 2.44. The van der Waals surface area contributed by atoms with Gasteiger partial charge in [-0.3, -0.25) is 0 Å². The Morgan fingerprint density at radius 1 is 1.27 bits per heavy atom. The van der Waals surface area contributed by atoms with E-state index in [-0.39, 0.29) is 18.4 Å². The van der Waals surface area contributed by atoms with Crippen LogP contribution >= 0.6 is 0 Å². The van der Waals surface area contributed by atoms with Crippen LogP contribution in [-0.2, 0) is 14.0 Å². The Hall–Kier alpha value is -2.06. The van der Waals surface area contributed by atoms with Crippen molar-refractivity contribution >= 4 is 19.1 Å². The summed E-state index contributed by atoms with van der Waals surface area (Å²) in [7, 11) is -0.967. The number of rotatable bonds is 0. The van der Waals surface area contributed by atoms with E-state index in [4.69, 9.17) is 24.5 Å². The first kappa shape index (κ1) is 9.50. The second kappa shape index (κ2) is 3.26. The van der Waals surface area contributed by atoms with Gasteiger partial charge in [-0.15, -0.1) is 9.98 Å². The minimum absolute atomic E-state index is 0.168. The number of fused-ring (bicyclic) bond motifs is 3. The molecule has 0 atom stereocenters. The van der Waals surface area contributed by atoms with E-state index >= 15 is 0 Å². The van der Waals surface area contributed by atoms with Crippen molar-refractivity contribution in [3.05, 3.63) is 0 Å². The lowest BCUT2D eigenvalue weighted by atomic mass is 9.84. The number of nitriles is 2. The lowest BCUT2D eigenvalue weighted by Gasteiger charge is -2.41. The molecular weight excluding hydrogens is 199 g/mol. The number of hydrogen-bond acceptors (Lipinski definition) is 7. The summed E-state index contributed by atoms with van der Waals surface area (Å²) >= 11 is 0. The SMILES string of the molecule is CC12COB(O/C1=N\C#N)O/C2=N\C#N. The highest BCUT2D eigenvalue weighted by Gasteiger charge is 2.56. The molecule has 0 aromatic heterocycles. The number of nitrogens with zero attached hydrogens (tertiary/aromatic N) is 4. The van der Waals surface area contributed by atoms with E-state index in [0.29, 0.717) is 0 Å². The minimum atomic E-state index is -0.967. The molecule has 0 spiro atoms. The van der Waals surface area contributed by atoms with Gasteiger partial charge in [-0.25, -0.2) is 0 Å². The van der Waals surface area contributed by atoms with Crippen molar-refractivity contribution in [2.75, 3.05) is 6.61 Å². The zero-order chi connectivity index (χ0) is 10.9. The molecule has 0 saturated carbocycles. The Kier molecular flexibility index (Phi) is 2.07. The zero-order valence-electron chi connectivity index (χ0n) is 7.80. The van der Waals surface area contributed by atoms with Crippen molar-refractivity contribution in [3.63, 3.8) is 0 Å². The van der Waals surface area contributed by atoms with E-state index in [2.05, 4.69) is 9.98 Å². The van der Waals surface area contributed by atoms with E-state index in [0.717, 1.165) is 0 Å². The normalized spacial score (nSPS) is 26.7. The van der Waals surface area contributed by atoms with Crippen LogP contribution in [0.5, 0.6) is 0 Å². The van der Waals surface area contributed by atoms with Gasteiger partial charge in [0.25, 0.3) is 0 Å². The van der Waals surface area contributed by atoms with Gasteiger partial charge in [0, 0.05) is 0 Å². The summed E-state index contributed by atoms with van der Waals surface area (Å²) in [5, 5.41) is 16.9. The van der Waals surface area contributed by atoms with Crippen LogP contribution in [0.15, 0.2) is 9.98 Å². The standard InChI is InChI=1S/C7H5BN4O3/c1-7-2-13-8(14-5(7)11-3-9)15-6(7)12-4-10/h2H2,1H3/b11-5-,12-6-. The first-order valence-electron chi connectivity index (χ1n) is 4.10. The fourth-order valence-electron chi connectivity index (χ4n) is 1.37. The monoisotopic (exact) mass is 204 g/mol. The van der Waals surface area contributed by atoms with E-state index < -0.39 is 12.7 Å². The van der Waals surface area contributed by atoms with Crippen LogP contribution < -0.4 is 0 Å². The topological polar surface area (TPSA) is 100.0 Å². The predicted octanol–water partition coefficient (Wildman–Crippen LogP) is -0.186. The van der Waals surface area contributed by atoms with Crippen LogP contribution in [-0.4, -0.2) is 25.7 Å². The molecule has 3 fully saturated rings. The van der Waals surface area contributed by atoms with E-state index in [1.165, 1.54) is 0 Å². The quantitative estimate of drug-likeness (QED) is 0.402. The Morgan fingerprint density at radius 2 is 1.80 bits per heavy atom. The molecular formula is C7H5BN4O3. The molecule has 3 aliphatic heterocycles. The molecule has 0 radical (unpaired) electrons. The Bertz CT molecular complexity index is 398. The lowest BCUT2D eigenvalue weighted by molar-refractivity contribution is 0.0794. The fourth-order valence-corrected chi connectivity index (χ4v) is 1.37. The maximum atomic E-state index is 8.47. The third-order valence-electron chi connectivity index (χ3n) is 2.17. The van der Waals surface area contributed by atoms with Crippen LogP contribution in [0.25, 0.3) is 0 Å².